The molecular formula is C16H17ClN2O3S. The molecule has 2 rings (SSSR count). The number of halogens is 1. The lowest BCUT2D eigenvalue weighted by molar-refractivity contribution is 0.0742. The minimum atomic E-state index is -3.72. The summed E-state index contributed by atoms with van der Waals surface area (Å²) in [6.07, 6.45) is 0. The molecule has 1 amide bonds. The molecule has 2 aromatic rings. The van der Waals surface area contributed by atoms with E-state index in [1.807, 2.05) is 6.92 Å². The van der Waals surface area contributed by atoms with Crippen molar-refractivity contribution in [3.8, 4) is 0 Å². The summed E-state index contributed by atoms with van der Waals surface area (Å²) in [5.41, 5.74) is 1.34. The van der Waals surface area contributed by atoms with Gasteiger partial charge in [-0.1, -0.05) is 23.7 Å². The van der Waals surface area contributed by atoms with Crippen LogP contribution in [-0.2, 0) is 10.0 Å². The van der Waals surface area contributed by atoms with Gasteiger partial charge >= 0.3 is 0 Å². The first-order valence-corrected chi connectivity index (χ1v) is 8.78. The minimum Gasteiger partial charge on any atom is -0.335 e. The van der Waals surface area contributed by atoms with Gasteiger partial charge in [-0.05, 0) is 48.9 Å². The summed E-state index contributed by atoms with van der Waals surface area (Å²) in [6, 6.07) is 12.6. The van der Waals surface area contributed by atoms with Crippen LogP contribution >= 0.6 is 11.6 Å². The van der Waals surface area contributed by atoms with Crippen LogP contribution in [0.1, 0.15) is 28.9 Å². The zero-order valence-electron chi connectivity index (χ0n) is 12.7. The zero-order chi connectivity index (χ0) is 17.2. The highest BCUT2D eigenvalue weighted by Crippen LogP contribution is 2.22. The maximum Gasteiger partial charge on any atom is 0.254 e. The van der Waals surface area contributed by atoms with Crippen LogP contribution in [0.15, 0.2) is 53.4 Å². The fourth-order valence-electron chi connectivity index (χ4n) is 2.13. The molecule has 0 aliphatic rings. The van der Waals surface area contributed by atoms with Gasteiger partial charge in [-0.2, -0.15) is 0 Å². The highest BCUT2D eigenvalue weighted by atomic mass is 35.5. The average molecular weight is 353 g/mol. The molecule has 0 aliphatic heterocycles. The van der Waals surface area contributed by atoms with E-state index >= 15 is 0 Å². The van der Waals surface area contributed by atoms with Gasteiger partial charge in [0.2, 0.25) is 10.0 Å². The SMILES string of the molecule is C[C@@H](c1ccc(S(N)(=O)=O)cc1)N(C)C(=O)c1ccc(Cl)cc1. The van der Waals surface area contributed by atoms with Crippen LogP contribution in [0.2, 0.25) is 5.02 Å². The van der Waals surface area contributed by atoms with Crippen molar-refractivity contribution in [1.29, 1.82) is 0 Å². The van der Waals surface area contributed by atoms with Gasteiger partial charge in [0.1, 0.15) is 0 Å². The number of benzene rings is 2. The lowest BCUT2D eigenvalue weighted by Gasteiger charge is -2.25. The first-order valence-electron chi connectivity index (χ1n) is 6.85. The molecular weight excluding hydrogens is 336 g/mol. The van der Waals surface area contributed by atoms with Crippen LogP contribution in [0.3, 0.4) is 0 Å². The number of hydrogen-bond acceptors (Lipinski definition) is 3. The first kappa shape index (κ1) is 17.5. The first-order chi connectivity index (χ1) is 10.7. The Morgan fingerprint density at radius 1 is 1.09 bits per heavy atom. The van der Waals surface area contributed by atoms with Crippen molar-refractivity contribution < 1.29 is 13.2 Å². The van der Waals surface area contributed by atoms with Crippen molar-refractivity contribution in [3.05, 3.63) is 64.7 Å². The Hall–Kier alpha value is -1.89. The molecule has 0 heterocycles. The largest absolute Gasteiger partial charge is 0.335 e. The predicted octanol–water partition coefficient (Wildman–Crippen LogP) is 2.82. The van der Waals surface area contributed by atoms with E-state index in [2.05, 4.69) is 0 Å². The van der Waals surface area contributed by atoms with Crippen LogP contribution in [-0.4, -0.2) is 26.3 Å². The molecule has 0 fully saturated rings. The fraction of sp³-hybridized carbons (Fsp3) is 0.188. The van der Waals surface area contributed by atoms with E-state index in [-0.39, 0.29) is 16.8 Å². The Balaban J connectivity index is 2.20. The monoisotopic (exact) mass is 352 g/mol. The maximum atomic E-state index is 12.5. The summed E-state index contributed by atoms with van der Waals surface area (Å²) in [5, 5.41) is 5.64. The summed E-state index contributed by atoms with van der Waals surface area (Å²) >= 11 is 5.82. The lowest BCUT2D eigenvalue weighted by Crippen LogP contribution is -2.29. The maximum absolute atomic E-state index is 12.5. The van der Waals surface area contributed by atoms with Crippen molar-refractivity contribution in [2.24, 2.45) is 5.14 Å². The summed E-state index contributed by atoms with van der Waals surface area (Å²) in [4.78, 5) is 14.1. The normalized spacial score (nSPS) is 12.7. The molecule has 23 heavy (non-hydrogen) atoms. The van der Waals surface area contributed by atoms with Gasteiger partial charge < -0.3 is 4.90 Å². The third-order valence-corrected chi connectivity index (χ3v) is 4.86. The zero-order valence-corrected chi connectivity index (χ0v) is 14.3. The van der Waals surface area contributed by atoms with Crippen molar-refractivity contribution in [3.63, 3.8) is 0 Å². The van der Waals surface area contributed by atoms with Gasteiger partial charge in [0.05, 0.1) is 10.9 Å². The van der Waals surface area contributed by atoms with Gasteiger partial charge in [-0.25, -0.2) is 13.6 Å². The average Bonchev–Trinajstić information content (AvgIpc) is 2.53. The lowest BCUT2D eigenvalue weighted by atomic mass is 10.1. The minimum absolute atomic E-state index is 0.0418. The van der Waals surface area contributed by atoms with Gasteiger partial charge in [-0.3, -0.25) is 4.79 Å². The smallest absolute Gasteiger partial charge is 0.254 e. The number of nitrogens with two attached hydrogens (primary N) is 1. The van der Waals surface area contributed by atoms with E-state index in [9.17, 15) is 13.2 Å². The quantitative estimate of drug-likeness (QED) is 0.918. The molecule has 0 spiro atoms. The standard InChI is InChI=1S/C16H17ClN2O3S/c1-11(12-5-9-15(10-6-12)23(18,21)22)19(2)16(20)13-3-7-14(17)8-4-13/h3-11H,1-2H3,(H2,18,21,22)/t11-/m0/s1. The van der Waals surface area contributed by atoms with E-state index in [0.717, 1.165) is 5.56 Å². The van der Waals surface area contributed by atoms with Crippen LogP contribution in [0.4, 0.5) is 0 Å². The summed E-state index contributed by atoms with van der Waals surface area (Å²) in [7, 11) is -2.03. The molecule has 0 radical (unpaired) electrons. The van der Waals surface area contributed by atoms with Gasteiger partial charge in [0.25, 0.3) is 5.91 Å². The van der Waals surface area contributed by atoms with E-state index in [0.29, 0.717) is 10.6 Å². The van der Waals surface area contributed by atoms with Crippen LogP contribution in [0.25, 0.3) is 0 Å². The van der Waals surface area contributed by atoms with Crippen molar-refractivity contribution >= 4 is 27.5 Å². The van der Waals surface area contributed by atoms with Crippen LogP contribution < -0.4 is 5.14 Å². The molecule has 0 unspecified atom stereocenters. The Bertz CT molecular complexity index is 802. The molecule has 1 atom stereocenters. The number of amides is 1. The van der Waals surface area contributed by atoms with Gasteiger partial charge in [0.15, 0.2) is 0 Å². The molecule has 2 aromatic carbocycles. The number of primary sulfonamides is 1. The second kappa shape index (κ2) is 6.70. The number of rotatable bonds is 4. The molecule has 7 heteroatoms. The summed E-state index contributed by atoms with van der Waals surface area (Å²) < 4.78 is 22.5. The molecule has 5 nitrogen and oxygen atoms in total. The summed E-state index contributed by atoms with van der Waals surface area (Å²) in [6.45, 7) is 1.86. The molecule has 0 aliphatic carbocycles. The van der Waals surface area contributed by atoms with E-state index in [1.54, 1.807) is 48.3 Å². The Morgan fingerprint density at radius 3 is 2.09 bits per heavy atom. The van der Waals surface area contributed by atoms with Crippen molar-refractivity contribution in [2.45, 2.75) is 17.9 Å². The Morgan fingerprint density at radius 2 is 1.61 bits per heavy atom. The number of carbonyl (C=O) groups excluding carboxylic acids is 1. The number of sulfonamides is 1. The second-order valence-corrected chi connectivity index (χ2v) is 7.21. The molecule has 0 saturated heterocycles. The highest BCUT2D eigenvalue weighted by Gasteiger charge is 2.19. The van der Waals surface area contributed by atoms with E-state index in [4.69, 9.17) is 16.7 Å². The third-order valence-electron chi connectivity index (χ3n) is 3.68. The number of carbonyl (C=O) groups is 1. The second-order valence-electron chi connectivity index (χ2n) is 5.21. The fourth-order valence-corrected chi connectivity index (χ4v) is 2.77. The van der Waals surface area contributed by atoms with Crippen LogP contribution in [0.5, 0.6) is 0 Å². The molecule has 2 N–H and O–H groups in total. The van der Waals surface area contributed by atoms with Crippen molar-refractivity contribution in [2.75, 3.05) is 7.05 Å². The topological polar surface area (TPSA) is 80.5 Å². The predicted molar refractivity (Wildman–Crippen MR) is 89.8 cm³/mol. The summed E-state index contributed by atoms with van der Waals surface area (Å²) in [5.74, 6) is -0.148. The molecule has 122 valence electrons. The molecule has 0 bridgehead atoms. The third kappa shape index (κ3) is 4.10. The van der Waals surface area contributed by atoms with E-state index < -0.39 is 10.0 Å². The Kier molecular flexibility index (Phi) is 5.09. The van der Waals surface area contributed by atoms with E-state index in [1.165, 1.54) is 12.1 Å². The van der Waals surface area contributed by atoms with Crippen LogP contribution in [0, 0.1) is 0 Å². The number of hydrogen-bond donors (Lipinski definition) is 1. The van der Waals surface area contributed by atoms with Gasteiger partial charge in [-0.15, -0.1) is 0 Å². The molecule has 0 aromatic heterocycles. The Labute approximate surface area is 140 Å². The van der Waals surface area contributed by atoms with Gasteiger partial charge in [0, 0.05) is 17.6 Å². The highest BCUT2D eigenvalue weighted by molar-refractivity contribution is 7.89. The van der Waals surface area contributed by atoms with Crippen molar-refractivity contribution in [1.82, 2.24) is 4.90 Å². The molecule has 0 saturated carbocycles. The number of nitrogens with zero attached hydrogens (tertiary/aromatic N) is 1.